The van der Waals surface area contributed by atoms with Crippen molar-refractivity contribution in [1.82, 2.24) is 9.80 Å². The zero-order valence-electron chi connectivity index (χ0n) is 15.5. The second-order valence-corrected chi connectivity index (χ2v) is 7.12. The van der Waals surface area contributed by atoms with E-state index in [0.717, 1.165) is 30.4 Å². The third-order valence-electron chi connectivity index (χ3n) is 5.06. The van der Waals surface area contributed by atoms with Gasteiger partial charge >= 0.3 is 0 Å². The van der Waals surface area contributed by atoms with Crippen LogP contribution < -0.4 is 0 Å². The lowest BCUT2D eigenvalue weighted by molar-refractivity contribution is -0.134. The van der Waals surface area contributed by atoms with Crippen LogP contribution in [0.2, 0.25) is 0 Å². The fraction of sp³-hybridized carbons (Fsp3) is 0.364. The first-order chi connectivity index (χ1) is 12.6. The molecule has 0 saturated carbocycles. The van der Waals surface area contributed by atoms with Crippen LogP contribution in [0.5, 0.6) is 0 Å². The smallest absolute Gasteiger partial charge is 0.254 e. The summed E-state index contributed by atoms with van der Waals surface area (Å²) in [5.41, 5.74) is 3.02. The molecule has 0 aromatic heterocycles. The highest BCUT2D eigenvalue weighted by Gasteiger charge is 2.29. The molecular weight excluding hydrogens is 324 g/mol. The van der Waals surface area contributed by atoms with Crippen molar-refractivity contribution >= 4 is 11.8 Å². The summed E-state index contributed by atoms with van der Waals surface area (Å²) in [6.45, 7) is 1.28. The lowest BCUT2D eigenvalue weighted by Crippen LogP contribution is -2.43. The van der Waals surface area contributed by atoms with Crippen LogP contribution in [-0.2, 0) is 11.2 Å². The summed E-state index contributed by atoms with van der Waals surface area (Å²) in [4.78, 5) is 28.7. The largest absolute Gasteiger partial charge is 0.349 e. The van der Waals surface area contributed by atoms with Crippen molar-refractivity contribution in [2.75, 3.05) is 27.2 Å². The lowest BCUT2D eigenvalue weighted by atomic mass is 9.94. The second-order valence-electron chi connectivity index (χ2n) is 7.12. The second kappa shape index (κ2) is 8.17. The van der Waals surface area contributed by atoms with Crippen LogP contribution >= 0.6 is 0 Å². The fourth-order valence-corrected chi connectivity index (χ4v) is 3.56. The molecule has 1 heterocycles. The summed E-state index contributed by atoms with van der Waals surface area (Å²) in [5.74, 6) is 0.280. The number of piperidine rings is 1. The van der Waals surface area contributed by atoms with Crippen LogP contribution in [0.1, 0.15) is 34.3 Å². The Balaban J connectivity index is 1.70. The van der Waals surface area contributed by atoms with E-state index in [2.05, 4.69) is 12.1 Å². The van der Waals surface area contributed by atoms with Crippen LogP contribution in [0.3, 0.4) is 0 Å². The Morgan fingerprint density at radius 1 is 0.962 bits per heavy atom. The lowest BCUT2D eigenvalue weighted by Gasteiger charge is -2.33. The third kappa shape index (κ3) is 4.13. The van der Waals surface area contributed by atoms with Crippen molar-refractivity contribution in [2.45, 2.75) is 19.3 Å². The molecule has 1 fully saturated rings. The Morgan fingerprint density at radius 3 is 2.23 bits per heavy atom. The molecule has 0 spiro atoms. The molecule has 1 aliphatic rings. The van der Waals surface area contributed by atoms with Gasteiger partial charge in [-0.2, -0.15) is 0 Å². The number of hydrogen-bond donors (Lipinski definition) is 0. The molecular formula is C22H26N2O2. The molecule has 136 valence electrons. The highest BCUT2D eigenvalue weighted by molar-refractivity contribution is 5.96. The van der Waals surface area contributed by atoms with Crippen LogP contribution in [0.15, 0.2) is 54.6 Å². The monoisotopic (exact) mass is 350 g/mol. The molecule has 0 bridgehead atoms. The molecule has 1 saturated heterocycles. The number of hydrogen-bond acceptors (Lipinski definition) is 2. The number of nitrogens with zero attached hydrogens (tertiary/aromatic N) is 2. The topological polar surface area (TPSA) is 40.6 Å². The van der Waals surface area contributed by atoms with Gasteiger partial charge in [0.25, 0.3) is 5.91 Å². The van der Waals surface area contributed by atoms with E-state index in [1.807, 2.05) is 47.4 Å². The Bertz CT molecular complexity index is 763. The summed E-state index contributed by atoms with van der Waals surface area (Å²) in [5, 5.41) is 0. The molecule has 2 amide bonds. The van der Waals surface area contributed by atoms with Gasteiger partial charge in [0.05, 0.1) is 0 Å². The van der Waals surface area contributed by atoms with E-state index in [-0.39, 0.29) is 17.7 Å². The van der Waals surface area contributed by atoms with E-state index in [4.69, 9.17) is 0 Å². The van der Waals surface area contributed by atoms with Crippen molar-refractivity contribution in [1.29, 1.82) is 0 Å². The molecule has 0 atom stereocenters. The van der Waals surface area contributed by atoms with E-state index in [1.54, 1.807) is 19.0 Å². The molecule has 4 heteroatoms. The Labute approximate surface area is 155 Å². The van der Waals surface area contributed by atoms with Crippen LogP contribution in [0.4, 0.5) is 0 Å². The summed E-state index contributed by atoms with van der Waals surface area (Å²) in [7, 11) is 3.58. The molecule has 1 aliphatic heterocycles. The highest BCUT2D eigenvalue weighted by Crippen LogP contribution is 2.22. The zero-order chi connectivity index (χ0) is 18.5. The zero-order valence-corrected chi connectivity index (χ0v) is 15.5. The first-order valence-electron chi connectivity index (χ1n) is 9.18. The standard InChI is InChI=1S/C22H26N2O2/c1-23(2)21(25)18-12-14-24(15-13-18)22(26)20-11-7-6-10-19(20)16-17-8-4-3-5-9-17/h3-11,18H,12-16H2,1-2H3. The number of carbonyl (C=O) groups is 2. The van der Waals surface area contributed by atoms with Crippen molar-refractivity contribution in [3.8, 4) is 0 Å². The van der Waals surface area contributed by atoms with Crippen LogP contribution in [-0.4, -0.2) is 48.8 Å². The average Bonchev–Trinajstić information content (AvgIpc) is 2.68. The fourth-order valence-electron chi connectivity index (χ4n) is 3.56. The molecule has 4 nitrogen and oxygen atoms in total. The summed E-state index contributed by atoms with van der Waals surface area (Å²) < 4.78 is 0. The van der Waals surface area contributed by atoms with Gasteiger partial charge in [-0.15, -0.1) is 0 Å². The Kier molecular flexibility index (Phi) is 5.71. The van der Waals surface area contributed by atoms with E-state index in [9.17, 15) is 9.59 Å². The van der Waals surface area contributed by atoms with Crippen LogP contribution in [0.25, 0.3) is 0 Å². The van der Waals surface area contributed by atoms with Gasteiger partial charge < -0.3 is 9.80 Å². The predicted octanol–water partition coefficient (Wildman–Crippen LogP) is 3.22. The number of carbonyl (C=O) groups excluding carboxylic acids is 2. The summed E-state index contributed by atoms with van der Waals surface area (Å²) in [6.07, 6.45) is 2.23. The number of benzene rings is 2. The van der Waals surface area contributed by atoms with Gasteiger partial charge in [0.1, 0.15) is 0 Å². The summed E-state index contributed by atoms with van der Waals surface area (Å²) in [6, 6.07) is 18.1. The van der Waals surface area contributed by atoms with Gasteiger partial charge in [0.2, 0.25) is 5.91 Å². The molecule has 3 rings (SSSR count). The SMILES string of the molecule is CN(C)C(=O)C1CCN(C(=O)c2ccccc2Cc2ccccc2)CC1. The number of likely N-dealkylation sites (tertiary alicyclic amines) is 1. The molecule has 0 radical (unpaired) electrons. The third-order valence-corrected chi connectivity index (χ3v) is 5.06. The minimum atomic E-state index is 0.0358. The van der Waals surface area contributed by atoms with E-state index in [0.29, 0.717) is 13.1 Å². The van der Waals surface area contributed by atoms with Gasteiger partial charge in [-0.1, -0.05) is 48.5 Å². The van der Waals surface area contributed by atoms with Crippen molar-refractivity contribution in [2.24, 2.45) is 5.92 Å². The van der Waals surface area contributed by atoms with Crippen molar-refractivity contribution < 1.29 is 9.59 Å². The maximum atomic E-state index is 13.1. The maximum absolute atomic E-state index is 13.1. The van der Waals surface area contributed by atoms with Gasteiger partial charge in [-0.3, -0.25) is 9.59 Å². The van der Waals surface area contributed by atoms with Crippen molar-refractivity contribution in [3.05, 3.63) is 71.3 Å². The normalized spacial score (nSPS) is 14.9. The molecule has 26 heavy (non-hydrogen) atoms. The van der Waals surface area contributed by atoms with Gasteiger partial charge in [-0.05, 0) is 36.5 Å². The molecule has 0 aliphatic carbocycles. The number of amides is 2. The average molecular weight is 350 g/mol. The molecule has 0 unspecified atom stereocenters. The van der Waals surface area contributed by atoms with E-state index >= 15 is 0 Å². The number of rotatable bonds is 4. The quantitative estimate of drug-likeness (QED) is 0.849. The van der Waals surface area contributed by atoms with Gasteiger partial charge in [-0.25, -0.2) is 0 Å². The minimum absolute atomic E-state index is 0.0358. The van der Waals surface area contributed by atoms with Gasteiger partial charge in [0, 0.05) is 38.7 Å². The Morgan fingerprint density at radius 2 is 1.58 bits per heavy atom. The summed E-state index contributed by atoms with van der Waals surface area (Å²) >= 11 is 0. The predicted molar refractivity (Wildman–Crippen MR) is 103 cm³/mol. The Hall–Kier alpha value is -2.62. The molecule has 2 aromatic rings. The molecule has 0 N–H and O–H groups in total. The van der Waals surface area contributed by atoms with Crippen molar-refractivity contribution in [3.63, 3.8) is 0 Å². The molecule has 2 aromatic carbocycles. The van der Waals surface area contributed by atoms with E-state index in [1.165, 1.54) is 5.56 Å². The first kappa shape index (κ1) is 18.2. The first-order valence-corrected chi connectivity index (χ1v) is 9.18. The van der Waals surface area contributed by atoms with Crippen LogP contribution in [0, 0.1) is 5.92 Å². The highest BCUT2D eigenvalue weighted by atomic mass is 16.2. The maximum Gasteiger partial charge on any atom is 0.254 e. The minimum Gasteiger partial charge on any atom is -0.349 e. The van der Waals surface area contributed by atoms with Gasteiger partial charge in [0.15, 0.2) is 0 Å². The van der Waals surface area contributed by atoms with E-state index < -0.39 is 0 Å².